The molecule has 0 bridgehead atoms. The Morgan fingerprint density at radius 3 is 2.50 bits per heavy atom. The van der Waals surface area contributed by atoms with Crippen LogP contribution in [0.25, 0.3) is 0 Å². The lowest BCUT2D eigenvalue weighted by Gasteiger charge is -2.24. The predicted octanol–water partition coefficient (Wildman–Crippen LogP) is 2.86. The van der Waals surface area contributed by atoms with Gasteiger partial charge in [0.15, 0.2) is 0 Å². The van der Waals surface area contributed by atoms with Gasteiger partial charge in [0.2, 0.25) is 0 Å². The molecule has 0 aromatic heterocycles. The van der Waals surface area contributed by atoms with E-state index in [1.165, 1.54) is 6.07 Å². The summed E-state index contributed by atoms with van der Waals surface area (Å²) in [5.41, 5.74) is 7.71. The molecule has 3 nitrogen and oxygen atoms in total. The van der Waals surface area contributed by atoms with Crippen molar-refractivity contribution < 1.29 is 4.39 Å². The van der Waals surface area contributed by atoms with Crippen LogP contribution in [0.15, 0.2) is 12.1 Å². The molecule has 0 aliphatic rings. The average Bonchev–Trinajstić information content (AvgIpc) is 2.33. The lowest BCUT2D eigenvalue weighted by atomic mass is 10.1. The number of nitrogen functional groups attached to an aromatic ring is 1. The highest BCUT2D eigenvalue weighted by Gasteiger charge is 2.10. The minimum absolute atomic E-state index is 0.255. The quantitative estimate of drug-likeness (QED) is 0.766. The number of benzene rings is 1. The van der Waals surface area contributed by atoms with E-state index in [1.54, 1.807) is 13.0 Å². The van der Waals surface area contributed by atoms with Crippen molar-refractivity contribution >= 4 is 11.4 Å². The molecule has 4 heteroatoms. The lowest BCUT2D eigenvalue weighted by Crippen LogP contribution is -2.34. The first-order valence-corrected chi connectivity index (χ1v) is 6.52. The minimum atomic E-state index is -0.255. The van der Waals surface area contributed by atoms with Gasteiger partial charge in [0.1, 0.15) is 5.82 Å². The second kappa shape index (κ2) is 6.59. The van der Waals surface area contributed by atoms with E-state index in [1.807, 2.05) is 0 Å². The summed E-state index contributed by atoms with van der Waals surface area (Å²) >= 11 is 0. The molecular formula is C14H24FN3. The third-order valence-electron chi connectivity index (χ3n) is 3.16. The van der Waals surface area contributed by atoms with Gasteiger partial charge in [0.25, 0.3) is 0 Å². The van der Waals surface area contributed by atoms with Crippen LogP contribution in [0.4, 0.5) is 15.8 Å². The molecule has 0 spiro atoms. The van der Waals surface area contributed by atoms with Gasteiger partial charge in [-0.2, -0.15) is 0 Å². The van der Waals surface area contributed by atoms with E-state index < -0.39 is 0 Å². The topological polar surface area (TPSA) is 41.3 Å². The van der Waals surface area contributed by atoms with Crippen molar-refractivity contribution in [3.63, 3.8) is 0 Å². The number of rotatable bonds is 6. The zero-order valence-corrected chi connectivity index (χ0v) is 11.8. The molecule has 0 aliphatic carbocycles. The summed E-state index contributed by atoms with van der Waals surface area (Å²) < 4.78 is 13.3. The number of anilines is 2. The molecule has 102 valence electrons. The summed E-state index contributed by atoms with van der Waals surface area (Å²) in [6.45, 7) is 11.1. The second-order valence-electron chi connectivity index (χ2n) is 4.72. The first-order chi connectivity index (χ1) is 8.47. The van der Waals surface area contributed by atoms with Crippen molar-refractivity contribution in [2.45, 2.75) is 33.7 Å². The molecule has 0 saturated heterocycles. The van der Waals surface area contributed by atoms with Crippen LogP contribution < -0.4 is 11.1 Å². The molecule has 0 aliphatic heterocycles. The van der Waals surface area contributed by atoms with Crippen molar-refractivity contribution in [1.82, 2.24) is 4.90 Å². The maximum Gasteiger partial charge on any atom is 0.128 e. The van der Waals surface area contributed by atoms with Gasteiger partial charge in [-0.3, -0.25) is 0 Å². The van der Waals surface area contributed by atoms with Crippen molar-refractivity contribution in [3.8, 4) is 0 Å². The largest absolute Gasteiger partial charge is 0.397 e. The molecular weight excluding hydrogens is 229 g/mol. The molecule has 1 aromatic rings. The number of hydrogen-bond acceptors (Lipinski definition) is 3. The third-order valence-corrected chi connectivity index (χ3v) is 3.16. The van der Waals surface area contributed by atoms with Crippen molar-refractivity contribution in [2.24, 2.45) is 0 Å². The van der Waals surface area contributed by atoms with E-state index in [4.69, 9.17) is 5.73 Å². The minimum Gasteiger partial charge on any atom is -0.397 e. The van der Waals surface area contributed by atoms with E-state index in [2.05, 4.69) is 31.0 Å². The molecule has 0 radical (unpaired) electrons. The second-order valence-corrected chi connectivity index (χ2v) is 4.72. The zero-order valence-electron chi connectivity index (χ0n) is 11.8. The molecule has 1 rings (SSSR count). The molecule has 18 heavy (non-hydrogen) atoms. The van der Waals surface area contributed by atoms with Gasteiger partial charge in [-0.25, -0.2) is 4.39 Å². The summed E-state index contributed by atoms with van der Waals surface area (Å²) in [4.78, 5) is 2.34. The van der Waals surface area contributed by atoms with Crippen LogP contribution in [-0.4, -0.2) is 30.6 Å². The van der Waals surface area contributed by atoms with Gasteiger partial charge < -0.3 is 16.0 Å². The van der Waals surface area contributed by atoms with Gasteiger partial charge in [0, 0.05) is 12.6 Å². The Morgan fingerprint density at radius 1 is 1.33 bits per heavy atom. The Hall–Kier alpha value is -1.29. The summed E-state index contributed by atoms with van der Waals surface area (Å²) in [5.74, 6) is -0.255. The highest BCUT2D eigenvalue weighted by Crippen LogP contribution is 2.23. The van der Waals surface area contributed by atoms with E-state index in [0.717, 1.165) is 25.3 Å². The molecule has 0 fully saturated rings. The molecule has 3 N–H and O–H groups in total. The first kappa shape index (κ1) is 14.8. The smallest absolute Gasteiger partial charge is 0.128 e. The fraction of sp³-hybridized carbons (Fsp3) is 0.571. The Bertz CT molecular complexity index is 389. The fourth-order valence-electron chi connectivity index (χ4n) is 2.00. The Kier molecular flexibility index (Phi) is 5.41. The van der Waals surface area contributed by atoms with Gasteiger partial charge in [-0.15, -0.1) is 0 Å². The number of halogens is 1. The van der Waals surface area contributed by atoms with E-state index in [9.17, 15) is 4.39 Å². The highest BCUT2D eigenvalue weighted by atomic mass is 19.1. The van der Waals surface area contributed by atoms with E-state index in [-0.39, 0.29) is 11.9 Å². The number of nitrogens with zero attached hydrogens (tertiary/aromatic N) is 1. The average molecular weight is 253 g/mol. The van der Waals surface area contributed by atoms with Crippen LogP contribution in [0, 0.1) is 12.7 Å². The van der Waals surface area contributed by atoms with Crippen molar-refractivity contribution in [3.05, 3.63) is 23.5 Å². The Morgan fingerprint density at radius 2 is 1.94 bits per heavy atom. The summed E-state index contributed by atoms with van der Waals surface area (Å²) in [6, 6.07) is 3.42. The monoisotopic (exact) mass is 253 g/mol. The van der Waals surface area contributed by atoms with E-state index >= 15 is 0 Å². The standard InChI is InChI=1S/C14H24FN3/c1-5-18(6-2)9-11(4)17-14-7-10(3)12(15)8-13(14)16/h7-8,11,17H,5-6,9,16H2,1-4H3. The van der Waals surface area contributed by atoms with Gasteiger partial charge in [-0.1, -0.05) is 13.8 Å². The SMILES string of the molecule is CCN(CC)CC(C)Nc1cc(C)c(F)cc1N. The maximum atomic E-state index is 13.3. The van der Waals surface area contributed by atoms with Crippen LogP contribution in [0.5, 0.6) is 0 Å². The lowest BCUT2D eigenvalue weighted by molar-refractivity contribution is 0.295. The number of likely N-dealkylation sites (N-methyl/N-ethyl adjacent to an activating group) is 1. The molecule has 1 aromatic carbocycles. The van der Waals surface area contributed by atoms with Crippen LogP contribution in [0.1, 0.15) is 26.3 Å². The molecule has 0 saturated carbocycles. The normalized spacial score (nSPS) is 12.8. The Balaban J connectivity index is 2.69. The van der Waals surface area contributed by atoms with Crippen LogP contribution in [0.3, 0.4) is 0 Å². The molecule has 0 heterocycles. The van der Waals surface area contributed by atoms with E-state index in [0.29, 0.717) is 11.3 Å². The van der Waals surface area contributed by atoms with Crippen LogP contribution >= 0.6 is 0 Å². The van der Waals surface area contributed by atoms with Gasteiger partial charge >= 0.3 is 0 Å². The third kappa shape index (κ3) is 3.88. The summed E-state index contributed by atoms with van der Waals surface area (Å²) in [5, 5.41) is 3.34. The molecule has 1 unspecified atom stereocenters. The molecule has 1 atom stereocenters. The number of nitrogens with two attached hydrogens (primary N) is 1. The number of nitrogens with one attached hydrogen (secondary N) is 1. The van der Waals surface area contributed by atoms with Crippen molar-refractivity contribution in [2.75, 3.05) is 30.7 Å². The van der Waals surface area contributed by atoms with Crippen LogP contribution in [0.2, 0.25) is 0 Å². The maximum absolute atomic E-state index is 13.3. The first-order valence-electron chi connectivity index (χ1n) is 6.52. The number of hydrogen-bond donors (Lipinski definition) is 2. The summed E-state index contributed by atoms with van der Waals surface area (Å²) in [7, 11) is 0. The van der Waals surface area contributed by atoms with Crippen molar-refractivity contribution in [1.29, 1.82) is 0 Å². The summed E-state index contributed by atoms with van der Waals surface area (Å²) in [6.07, 6.45) is 0. The number of aryl methyl sites for hydroxylation is 1. The predicted molar refractivity (Wildman–Crippen MR) is 76.4 cm³/mol. The van der Waals surface area contributed by atoms with Gasteiger partial charge in [-0.05, 0) is 44.6 Å². The molecule has 0 amide bonds. The van der Waals surface area contributed by atoms with Gasteiger partial charge in [0.05, 0.1) is 11.4 Å². The van der Waals surface area contributed by atoms with Crippen LogP contribution in [-0.2, 0) is 0 Å². The Labute approximate surface area is 109 Å². The highest BCUT2D eigenvalue weighted by molar-refractivity contribution is 5.67. The zero-order chi connectivity index (χ0) is 13.7. The fourth-order valence-corrected chi connectivity index (χ4v) is 2.00.